The Morgan fingerprint density at radius 1 is 1.30 bits per heavy atom. The average Bonchev–Trinajstić information content (AvgIpc) is 2.84. The van der Waals surface area contributed by atoms with Gasteiger partial charge in [0.2, 0.25) is 20.7 Å². The molecular formula is C12H8ClFO5S. The molecule has 1 aromatic carbocycles. The van der Waals surface area contributed by atoms with Crippen molar-refractivity contribution in [2.45, 2.75) is 10.8 Å². The highest BCUT2D eigenvalue weighted by molar-refractivity contribution is 7.90. The smallest absolute Gasteiger partial charge is 0.371 e. The molecule has 1 N–H and O–H groups in total. The lowest BCUT2D eigenvalue weighted by atomic mass is 10.2. The van der Waals surface area contributed by atoms with Gasteiger partial charge in [-0.2, -0.15) is 0 Å². The maximum Gasteiger partial charge on any atom is 0.371 e. The fraction of sp³-hybridized carbons (Fsp3) is 0.0833. The number of carboxylic acids is 1. The van der Waals surface area contributed by atoms with E-state index in [9.17, 15) is 17.6 Å². The van der Waals surface area contributed by atoms with Gasteiger partial charge in [0, 0.05) is 10.6 Å². The summed E-state index contributed by atoms with van der Waals surface area (Å²) in [5.74, 6) is -3.38. The van der Waals surface area contributed by atoms with Crippen molar-refractivity contribution in [1.29, 1.82) is 0 Å². The second-order valence-electron chi connectivity index (χ2n) is 3.88. The molecule has 106 valence electrons. The van der Waals surface area contributed by atoms with E-state index < -0.39 is 38.2 Å². The Balaban J connectivity index is 2.38. The number of carbonyl (C=O) groups is 1. The molecule has 0 atom stereocenters. The van der Waals surface area contributed by atoms with E-state index in [2.05, 4.69) is 0 Å². The molecule has 0 aliphatic rings. The zero-order valence-electron chi connectivity index (χ0n) is 9.84. The Kier molecular flexibility index (Phi) is 3.82. The monoisotopic (exact) mass is 318 g/mol. The van der Waals surface area contributed by atoms with E-state index in [1.807, 2.05) is 0 Å². The Morgan fingerprint density at radius 3 is 2.55 bits per heavy atom. The van der Waals surface area contributed by atoms with Gasteiger partial charge in [0.25, 0.3) is 0 Å². The van der Waals surface area contributed by atoms with Crippen LogP contribution in [0.2, 0.25) is 5.02 Å². The van der Waals surface area contributed by atoms with Gasteiger partial charge in [-0.1, -0.05) is 17.7 Å². The predicted octanol–water partition coefficient (Wildman–Crippen LogP) is 2.74. The molecule has 0 saturated carbocycles. The Labute approximate surface area is 118 Å². The molecule has 0 radical (unpaired) electrons. The van der Waals surface area contributed by atoms with Crippen LogP contribution in [0.3, 0.4) is 0 Å². The normalized spacial score (nSPS) is 11.5. The summed E-state index contributed by atoms with van der Waals surface area (Å²) < 4.78 is 42.3. The number of benzene rings is 1. The van der Waals surface area contributed by atoms with Crippen molar-refractivity contribution in [3.05, 3.63) is 52.5 Å². The van der Waals surface area contributed by atoms with E-state index in [0.717, 1.165) is 18.2 Å². The molecule has 1 aromatic heterocycles. The number of rotatable bonds is 4. The first-order valence-corrected chi connectivity index (χ1v) is 7.33. The number of hydrogen-bond acceptors (Lipinski definition) is 4. The lowest BCUT2D eigenvalue weighted by Gasteiger charge is -2.05. The number of sulfone groups is 1. The standard InChI is InChI=1S/C12H8ClFO5S/c13-8-2-1-3-9(14)7(8)6-20(17,18)11-5-4-10(19-11)12(15)16/h1-5H,6H2,(H,15,16). The topological polar surface area (TPSA) is 84.6 Å². The van der Waals surface area contributed by atoms with Crippen LogP contribution < -0.4 is 0 Å². The third-order valence-electron chi connectivity index (χ3n) is 2.49. The number of halogens is 2. The van der Waals surface area contributed by atoms with Crippen LogP contribution in [-0.2, 0) is 15.6 Å². The molecular weight excluding hydrogens is 311 g/mol. The lowest BCUT2D eigenvalue weighted by Crippen LogP contribution is -2.06. The number of aromatic carboxylic acids is 1. The van der Waals surface area contributed by atoms with Crippen LogP contribution in [0.15, 0.2) is 39.8 Å². The SMILES string of the molecule is O=C(O)c1ccc(S(=O)(=O)Cc2c(F)cccc2Cl)o1. The largest absolute Gasteiger partial charge is 0.475 e. The van der Waals surface area contributed by atoms with Crippen molar-refractivity contribution in [2.75, 3.05) is 0 Å². The van der Waals surface area contributed by atoms with Crippen LogP contribution >= 0.6 is 11.6 Å². The van der Waals surface area contributed by atoms with E-state index in [1.54, 1.807) is 0 Å². The Bertz CT molecular complexity index is 746. The van der Waals surface area contributed by atoms with E-state index >= 15 is 0 Å². The van der Waals surface area contributed by atoms with Gasteiger partial charge in [0.05, 0.1) is 5.75 Å². The van der Waals surface area contributed by atoms with Gasteiger partial charge in [-0.15, -0.1) is 0 Å². The molecule has 0 aliphatic heterocycles. The fourth-order valence-electron chi connectivity index (χ4n) is 1.53. The summed E-state index contributed by atoms with van der Waals surface area (Å²) in [6, 6.07) is 5.82. The van der Waals surface area contributed by atoms with Crippen LogP contribution in [-0.4, -0.2) is 19.5 Å². The van der Waals surface area contributed by atoms with Crippen LogP contribution in [0.1, 0.15) is 16.1 Å². The molecule has 8 heteroatoms. The maximum atomic E-state index is 13.6. The van der Waals surface area contributed by atoms with Gasteiger partial charge in [0.15, 0.2) is 0 Å². The highest BCUT2D eigenvalue weighted by Gasteiger charge is 2.24. The first-order valence-electron chi connectivity index (χ1n) is 5.30. The van der Waals surface area contributed by atoms with E-state index in [0.29, 0.717) is 0 Å². The van der Waals surface area contributed by atoms with Crippen molar-refractivity contribution >= 4 is 27.4 Å². The Morgan fingerprint density at radius 2 is 2.00 bits per heavy atom. The summed E-state index contributed by atoms with van der Waals surface area (Å²) in [5.41, 5.74) is -0.192. The number of carboxylic acid groups (broad SMARTS) is 1. The fourth-order valence-corrected chi connectivity index (χ4v) is 3.15. The van der Waals surface area contributed by atoms with Crippen LogP contribution in [0.25, 0.3) is 0 Å². The molecule has 0 amide bonds. The summed E-state index contributed by atoms with van der Waals surface area (Å²) in [6.45, 7) is 0. The van der Waals surface area contributed by atoms with Gasteiger partial charge < -0.3 is 9.52 Å². The summed E-state index contributed by atoms with van der Waals surface area (Å²) >= 11 is 5.75. The second-order valence-corrected chi connectivity index (χ2v) is 6.21. The molecule has 0 spiro atoms. The third kappa shape index (κ3) is 2.83. The molecule has 1 heterocycles. The van der Waals surface area contributed by atoms with Gasteiger partial charge in [-0.25, -0.2) is 17.6 Å². The lowest BCUT2D eigenvalue weighted by molar-refractivity contribution is 0.0656. The maximum absolute atomic E-state index is 13.6. The van der Waals surface area contributed by atoms with Crippen molar-refractivity contribution < 1.29 is 27.1 Å². The van der Waals surface area contributed by atoms with Gasteiger partial charge in [-0.3, -0.25) is 0 Å². The molecule has 2 rings (SSSR count). The zero-order chi connectivity index (χ0) is 14.9. The van der Waals surface area contributed by atoms with E-state index in [1.165, 1.54) is 12.1 Å². The average molecular weight is 319 g/mol. The van der Waals surface area contributed by atoms with Crippen LogP contribution in [0, 0.1) is 5.82 Å². The zero-order valence-corrected chi connectivity index (χ0v) is 11.4. The van der Waals surface area contributed by atoms with E-state index in [4.69, 9.17) is 21.1 Å². The first-order chi connectivity index (χ1) is 9.31. The molecule has 0 saturated heterocycles. The highest BCUT2D eigenvalue weighted by atomic mass is 35.5. The molecule has 2 aromatic rings. The van der Waals surface area contributed by atoms with Crippen LogP contribution in [0.5, 0.6) is 0 Å². The number of furan rings is 1. The molecule has 0 bridgehead atoms. The van der Waals surface area contributed by atoms with Gasteiger partial charge in [-0.05, 0) is 24.3 Å². The predicted molar refractivity (Wildman–Crippen MR) is 68.0 cm³/mol. The third-order valence-corrected chi connectivity index (χ3v) is 4.35. The van der Waals surface area contributed by atoms with E-state index in [-0.39, 0.29) is 10.6 Å². The Hall–Kier alpha value is -1.86. The minimum absolute atomic E-state index is 0.0291. The molecule has 0 aliphatic carbocycles. The second kappa shape index (κ2) is 5.26. The van der Waals surface area contributed by atoms with Crippen molar-refractivity contribution in [3.8, 4) is 0 Å². The minimum atomic E-state index is -4.03. The quantitative estimate of drug-likeness (QED) is 0.937. The summed E-state index contributed by atoms with van der Waals surface area (Å²) in [6.07, 6.45) is 0. The molecule has 5 nitrogen and oxygen atoms in total. The van der Waals surface area contributed by atoms with Gasteiger partial charge >= 0.3 is 5.97 Å². The first kappa shape index (κ1) is 14.5. The van der Waals surface area contributed by atoms with Gasteiger partial charge in [0.1, 0.15) is 5.82 Å². The minimum Gasteiger partial charge on any atom is -0.475 e. The summed E-state index contributed by atoms with van der Waals surface area (Å²) in [7, 11) is -4.03. The highest BCUT2D eigenvalue weighted by Crippen LogP contribution is 2.25. The summed E-state index contributed by atoms with van der Waals surface area (Å²) in [4.78, 5) is 10.6. The molecule has 0 unspecified atom stereocenters. The van der Waals surface area contributed by atoms with Crippen molar-refractivity contribution in [3.63, 3.8) is 0 Å². The van der Waals surface area contributed by atoms with Crippen molar-refractivity contribution in [1.82, 2.24) is 0 Å². The van der Waals surface area contributed by atoms with Crippen LogP contribution in [0.4, 0.5) is 4.39 Å². The number of hydrogen-bond donors (Lipinski definition) is 1. The molecule has 20 heavy (non-hydrogen) atoms. The summed E-state index contributed by atoms with van der Waals surface area (Å²) in [5, 5.41) is 8.10. The van der Waals surface area contributed by atoms with Crippen molar-refractivity contribution in [2.24, 2.45) is 0 Å². The molecule has 0 fully saturated rings.